The van der Waals surface area contributed by atoms with Crippen LogP contribution in [0.15, 0.2) is 12.7 Å². The summed E-state index contributed by atoms with van der Waals surface area (Å²) in [6, 6.07) is 1.10. The van der Waals surface area contributed by atoms with Gasteiger partial charge in [-0.05, 0) is 32.0 Å². The van der Waals surface area contributed by atoms with Crippen LogP contribution in [0.5, 0.6) is 0 Å². The Kier molecular flexibility index (Phi) is 11.7. The molecular weight excluding hydrogens is 272 g/mol. The second-order valence-corrected chi connectivity index (χ2v) is 9.71. The fourth-order valence-electron chi connectivity index (χ4n) is 1.73. The highest BCUT2D eigenvalue weighted by atomic mass is 28.4. The maximum absolute atomic E-state index is 10.8. The highest BCUT2D eigenvalue weighted by Gasteiger charge is 2.21. The second kappa shape index (κ2) is 12.1. The lowest BCUT2D eigenvalue weighted by Crippen LogP contribution is -2.31. The average Bonchev–Trinajstić information content (AvgIpc) is 2.42. The first-order valence-corrected chi connectivity index (χ1v) is 10.6. The predicted molar refractivity (Wildman–Crippen MR) is 84.4 cm³/mol. The lowest BCUT2D eigenvalue weighted by atomic mass is 10.3. The van der Waals surface area contributed by atoms with Gasteiger partial charge in [0.1, 0.15) is 6.61 Å². The van der Waals surface area contributed by atoms with E-state index in [1.54, 1.807) is 0 Å². The molecule has 118 valence electrons. The normalized spacial score (nSPS) is 11.3. The Bertz CT molecular complexity index is 267. The molecule has 0 aromatic heterocycles. The molecule has 0 N–H and O–H groups in total. The van der Waals surface area contributed by atoms with Gasteiger partial charge in [-0.3, -0.25) is 0 Å². The van der Waals surface area contributed by atoms with Crippen LogP contribution in [-0.4, -0.2) is 40.7 Å². The summed E-state index contributed by atoms with van der Waals surface area (Å²) >= 11 is 0. The number of esters is 1. The van der Waals surface area contributed by atoms with Gasteiger partial charge in [-0.2, -0.15) is 0 Å². The van der Waals surface area contributed by atoms with Crippen LogP contribution in [0.4, 0.5) is 0 Å². The van der Waals surface area contributed by atoms with E-state index in [1.807, 2.05) is 0 Å². The van der Waals surface area contributed by atoms with E-state index in [-0.39, 0.29) is 0 Å². The molecular formula is C15H30O4Si. The number of hydrogen-bond donors (Lipinski definition) is 0. The zero-order valence-electron chi connectivity index (χ0n) is 13.3. The zero-order chi connectivity index (χ0) is 15.3. The van der Waals surface area contributed by atoms with Gasteiger partial charge >= 0.3 is 5.97 Å². The van der Waals surface area contributed by atoms with Crippen molar-refractivity contribution in [3.05, 3.63) is 12.7 Å². The Morgan fingerprint density at radius 3 is 2.50 bits per heavy atom. The third kappa shape index (κ3) is 12.4. The zero-order valence-corrected chi connectivity index (χ0v) is 14.3. The molecule has 5 heteroatoms. The summed E-state index contributed by atoms with van der Waals surface area (Å²) in [4.78, 5) is 10.8. The SMILES string of the molecule is C=CC(=O)OCCOCCC[Si](C)(C)OCCCCC. The number of carbonyl (C=O) groups is 1. The van der Waals surface area contributed by atoms with Crippen LogP contribution >= 0.6 is 0 Å². The molecule has 0 aliphatic rings. The molecule has 0 atom stereocenters. The topological polar surface area (TPSA) is 44.8 Å². The van der Waals surface area contributed by atoms with Crippen molar-refractivity contribution >= 4 is 14.3 Å². The Morgan fingerprint density at radius 1 is 1.10 bits per heavy atom. The van der Waals surface area contributed by atoms with Gasteiger partial charge in [0.05, 0.1) is 6.61 Å². The summed E-state index contributed by atoms with van der Waals surface area (Å²) < 4.78 is 16.2. The molecule has 0 bridgehead atoms. The number of hydrogen-bond acceptors (Lipinski definition) is 4. The fourth-order valence-corrected chi connectivity index (χ4v) is 3.57. The van der Waals surface area contributed by atoms with Crippen molar-refractivity contribution in [1.82, 2.24) is 0 Å². The lowest BCUT2D eigenvalue weighted by Gasteiger charge is -2.22. The number of rotatable bonds is 13. The Balaban J connectivity index is 3.43. The van der Waals surface area contributed by atoms with Crippen molar-refractivity contribution in [2.45, 2.75) is 51.7 Å². The van der Waals surface area contributed by atoms with Gasteiger partial charge in [0.2, 0.25) is 0 Å². The monoisotopic (exact) mass is 302 g/mol. The van der Waals surface area contributed by atoms with E-state index >= 15 is 0 Å². The smallest absolute Gasteiger partial charge is 0.330 e. The third-order valence-corrected chi connectivity index (χ3v) is 5.49. The predicted octanol–water partition coefficient (Wildman–Crippen LogP) is 3.53. The Hall–Kier alpha value is -0.653. The van der Waals surface area contributed by atoms with Crippen molar-refractivity contribution < 1.29 is 18.7 Å². The molecule has 0 fully saturated rings. The van der Waals surface area contributed by atoms with E-state index < -0.39 is 14.3 Å². The molecule has 0 radical (unpaired) electrons. The summed E-state index contributed by atoms with van der Waals surface area (Å²) in [5.74, 6) is -0.400. The highest BCUT2D eigenvalue weighted by Crippen LogP contribution is 2.14. The standard InChI is InChI=1S/C15H30O4Si/c1-5-7-8-11-19-20(3,4)14-9-10-17-12-13-18-15(16)6-2/h6H,2,5,7-14H2,1,3-4H3. The molecule has 0 saturated heterocycles. The van der Waals surface area contributed by atoms with Crippen LogP contribution in [0.3, 0.4) is 0 Å². The molecule has 0 heterocycles. The lowest BCUT2D eigenvalue weighted by molar-refractivity contribution is -0.139. The average molecular weight is 302 g/mol. The van der Waals surface area contributed by atoms with Crippen LogP contribution in [-0.2, 0) is 18.7 Å². The molecule has 20 heavy (non-hydrogen) atoms. The van der Waals surface area contributed by atoms with E-state index in [1.165, 1.54) is 12.8 Å². The van der Waals surface area contributed by atoms with Crippen molar-refractivity contribution in [3.8, 4) is 0 Å². The van der Waals surface area contributed by atoms with E-state index in [0.29, 0.717) is 19.8 Å². The summed E-state index contributed by atoms with van der Waals surface area (Å²) in [7, 11) is -1.52. The van der Waals surface area contributed by atoms with Crippen LogP contribution in [0.1, 0.15) is 32.6 Å². The maximum Gasteiger partial charge on any atom is 0.330 e. The minimum atomic E-state index is -1.52. The molecule has 4 nitrogen and oxygen atoms in total. The minimum Gasteiger partial charge on any atom is -0.460 e. The van der Waals surface area contributed by atoms with E-state index in [2.05, 4.69) is 26.6 Å². The van der Waals surface area contributed by atoms with Crippen LogP contribution in [0.25, 0.3) is 0 Å². The quantitative estimate of drug-likeness (QED) is 0.226. The molecule has 0 rings (SSSR count). The van der Waals surface area contributed by atoms with E-state index in [0.717, 1.165) is 31.6 Å². The van der Waals surface area contributed by atoms with Gasteiger partial charge < -0.3 is 13.9 Å². The number of ether oxygens (including phenoxy) is 2. The van der Waals surface area contributed by atoms with E-state index in [9.17, 15) is 4.79 Å². The first-order chi connectivity index (χ1) is 9.52. The molecule has 0 spiro atoms. The van der Waals surface area contributed by atoms with E-state index in [4.69, 9.17) is 13.9 Å². The van der Waals surface area contributed by atoms with Crippen LogP contribution in [0.2, 0.25) is 19.1 Å². The van der Waals surface area contributed by atoms with Gasteiger partial charge in [-0.25, -0.2) is 4.79 Å². The number of unbranched alkanes of at least 4 members (excludes halogenated alkanes) is 2. The van der Waals surface area contributed by atoms with Gasteiger partial charge in [0, 0.05) is 19.3 Å². The van der Waals surface area contributed by atoms with Gasteiger partial charge in [-0.1, -0.05) is 26.3 Å². The first kappa shape index (κ1) is 19.3. The molecule has 0 amide bonds. The second-order valence-electron chi connectivity index (χ2n) is 5.40. The molecule has 0 aromatic rings. The van der Waals surface area contributed by atoms with Crippen molar-refractivity contribution in [2.75, 3.05) is 26.4 Å². The molecule has 0 aromatic carbocycles. The molecule has 0 saturated carbocycles. The minimum absolute atomic E-state index is 0.291. The number of carbonyl (C=O) groups excluding carboxylic acids is 1. The summed E-state index contributed by atoms with van der Waals surface area (Å²) in [5.41, 5.74) is 0. The Labute approximate surface area is 124 Å². The highest BCUT2D eigenvalue weighted by molar-refractivity contribution is 6.71. The molecule has 0 aliphatic carbocycles. The van der Waals surface area contributed by atoms with Crippen molar-refractivity contribution in [3.63, 3.8) is 0 Å². The Morgan fingerprint density at radius 2 is 1.85 bits per heavy atom. The van der Waals surface area contributed by atoms with Crippen LogP contribution in [0, 0.1) is 0 Å². The van der Waals surface area contributed by atoms with Crippen LogP contribution < -0.4 is 0 Å². The van der Waals surface area contributed by atoms with Gasteiger partial charge in [0.25, 0.3) is 0 Å². The van der Waals surface area contributed by atoms with Gasteiger partial charge in [0.15, 0.2) is 8.32 Å². The summed E-state index contributed by atoms with van der Waals surface area (Å²) in [6.45, 7) is 12.4. The summed E-state index contributed by atoms with van der Waals surface area (Å²) in [5, 5.41) is 0. The summed E-state index contributed by atoms with van der Waals surface area (Å²) in [6.07, 6.45) is 5.80. The first-order valence-electron chi connectivity index (χ1n) is 7.52. The molecule has 0 unspecified atom stereocenters. The third-order valence-electron chi connectivity index (χ3n) is 2.95. The maximum atomic E-state index is 10.8. The van der Waals surface area contributed by atoms with Gasteiger partial charge in [-0.15, -0.1) is 0 Å². The molecule has 0 aliphatic heterocycles. The van der Waals surface area contributed by atoms with Crippen molar-refractivity contribution in [2.24, 2.45) is 0 Å². The fraction of sp³-hybridized carbons (Fsp3) is 0.800. The van der Waals surface area contributed by atoms with Crippen molar-refractivity contribution in [1.29, 1.82) is 0 Å². The largest absolute Gasteiger partial charge is 0.460 e.